The van der Waals surface area contributed by atoms with E-state index in [4.69, 9.17) is 17.3 Å². The Morgan fingerprint density at radius 3 is 2.94 bits per heavy atom. The Labute approximate surface area is 110 Å². The summed E-state index contributed by atoms with van der Waals surface area (Å²) in [6, 6.07) is 5.19. The van der Waals surface area contributed by atoms with Gasteiger partial charge in [-0.15, -0.1) is 0 Å². The zero-order valence-electron chi connectivity index (χ0n) is 9.41. The Kier molecular flexibility index (Phi) is 4.18. The molecule has 0 saturated carbocycles. The van der Waals surface area contributed by atoms with Gasteiger partial charge in [0.1, 0.15) is 0 Å². The number of nitrogens with one attached hydrogen (secondary N) is 1. The maximum absolute atomic E-state index is 12.0. The lowest BCUT2D eigenvalue weighted by molar-refractivity contribution is 0.0938. The molecular formula is C12H15ClN2OS. The second-order valence-electron chi connectivity index (χ2n) is 4.16. The lowest BCUT2D eigenvalue weighted by Gasteiger charge is -2.22. The average Bonchev–Trinajstić information content (AvgIpc) is 2.29. The number of hydrogen-bond donors (Lipinski definition) is 2. The molecule has 92 valence electrons. The fourth-order valence-electron chi connectivity index (χ4n) is 1.87. The van der Waals surface area contributed by atoms with Gasteiger partial charge in [0.2, 0.25) is 0 Å². The van der Waals surface area contributed by atoms with Gasteiger partial charge >= 0.3 is 0 Å². The molecule has 0 bridgehead atoms. The fourth-order valence-corrected chi connectivity index (χ4v) is 3.18. The Hall–Kier alpha value is -0.870. The summed E-state index contributed by atoms with van der Waals surface area (Å²) < 4.78 is 0. The molecule has 1 fully saturated rings. The number of carbonyl (C=O) groups excluding carboxylic acids is 1. The van der Waals surface area contributed by atoms with Gasteiger partial charge in [-0.1, -0.05) is 11.6 Å². The average molecular weight is 271 g/mol. The molecule has 1 amide bonds. The van der Waals surface area contributed by atoms with E-state index in [1.54, 1.807) is 18.2 Å². The third-order valence-corrected chi connectivity index (χ3v) is 4.11. The lowest BCUT2D eigenvalue weighted by Crippen LogP contribution is -2.38. The summed E-state index contributed by atoms with van der Waals surface area (Å²) in [6.07, 6.45) is 2.21. The Bertz CT molecular complexity index is 399. The lowest BCUT2D eigenvalue weighted by atomic mass is 10.1. The predicted molar refractivity (Wildman–Crippen MR) is 73.7 cm³/mol. The molecule has 3 nitrogen and oxygen atoms in total. The van der Waals surface area contributed by atoms with Gasteiger partial charge in [-0.2, -0.15) is 11.8 Å². The van der Waals surface area contributed by atoms with Crippen molar-refractivity contribution in [2.45, 2.75) is 18.9 Å². The molecule has 0 spiro atoms. The number of hydrogen-bond acceptors (Lipinski definition) is 3. The summed E-state index contributed by atoms with van der Waals surface area (Å²) in [6.45, 7) is 0. The van der Waals surface area contributed by atoms with Gasteiger partial charge in [0.15, 0.2) is 0 Å². The van der Waals surface area contributed by atoms with Crippen LogP contribution in [0.3, 0.4) is 0 Å². The van der Waals surface area contributed by atoms with Crippen molar-refractivity contribution in [1.82, 2.24) is 5.32 Å². The first-order valence-electron chi connectivity index (χ1n) is 5.60. The molecule has 1 heterocycles. The molecule has 1 unspecified atom stereocenters. The van der Waals surface area contributed by atoms with Crippen molar-refractivity contribution in [2.24, 2.45) is 0 Å². The van der Waals surface area contributed by atoms with Crippen molar-refractivity contribution in [3.8, 4) is 0 Å². The predicted octanol–water partition coefficient (Wildman–Crippen LogP) is 2.55. The van der Waals surface area contributed by atoms with E-state index in [0.717, 1.165) is 18.6 Å². The maximum atomic E-state index is 12.0. The molecule has 2 rings (SSSR count). The van der Waals surface area contributed by atoms with Crippen LogP contribution in [0.4, 0.5) is 5.69 Å². The molecule has 1 aromatic carbocycles. The third-order valence-electron chi connectivity index (χ3n) is 2.68. The van der Waals surface area contributed by atoms with Gasteiger partial charge in [0.05, 0.1) is 0 Å². The standard InChI is InChI=1S/C12H15ClN2OS/c13-9-4-8(5-10(14)6-9)12(16)15-11-2-1-3-17-7-11/h4-6,11H,1-3,7,14H2,(H,15,16). The number of halogens is 1. The zero-order chi connectivity index (χ0) is 12.3. The van der Waals surface area contributed by atoms with Crippen LogP contribution >= 0.6 is 23.4 Å². The topological polar surface area (TPSA) is 55.1 Å². The molecule has 1 saturated heterocycles. The van der Waals surface area contributed by atoms with Crippen molar-refractivity contribution >= 4 is 35.0 Å². The van der Waals surface area contributed by atoms with Crippen molar-refractivity contribution in [3.63, 3.8) is 0 Å². The number of nitrogens with two attached hydrogens (primary N) is 1. The second kappa shape index (κ2) is 5.65. The van der Waals surface area contributed by atoms with Crippen LogP contribution < -0.4 is 11.1 Å². The summed E-state index contributed by atoms with van der Waals surface area (Å²) in [5.41, 5.74) is 6.71. The van der Waals surface area contributed by atoms with Crippen LogP contribution in [-0.2, 0) is 0 Å². The third kappa shape index (κ3) is 3.54. The molecule has 0 aliphatic carbocycles. The van der Waals surface area contributed by atoms with Crippen molar-refractivity contribution < 1.29 is 4.79 Å². The molecular weight excluding hydrogens is 256 g/mol. The highest BCUT2D eigenvalue weighted by molar-refractivity contribution is 7.99. The van der Waals surface area contributed by atoms with Gasteiger partial charge in [0, 0.05) is 28.1 Å². The first-order valence-corrected chi connectivity index (χ1v) is 7.13. The number of carbonyl (C=O) groups is 1. The summed E-state index contributed by atoms with van der Waals surface area (Å²) in [5.74, 6) is 2.09. The van der Waals surface area contributed by atoms with Crippen molar-refractivity contribution in [3.05, 3.63) is 28.8 Å². The SMILES string of the molecule is Nc1cc(Cl)cc(C(=O)NC2CCCSC2)c1. The molecule has 0 aromatic heterocycles. The van der Waals surface area contributed by atoms with E-state index >= 15 is 0 Å². The van der Waals surface area contributed by atoms with Crippen LogP contribution in [0.15, 0.2) is 18.2 Å². The molecule has 1 aliphatic heterocycles. The van der Waals surface area contributed by atoms with Gasteiger partial charge in [-0.25, -0.2) is 0 Å². The highest BCUT2D eigenvalue weighted by Crippen LogP contribution is 2.19. The molecule has 1 aromatic rings. The monoisotopic (exact) mass is 270 g/mol. The van der Waals surface area contributed by atoms with Crippen molar-refractivity contribution in [1.29, 1.82) is 0 Å². The molecule has 1 atom stereocenters. The highest BCUT2D eigenvalue weighted by atomic mass is 35.5. The first-order chi connectivity index (χ1) is 8.15. The van der Waals surface area contributed by atoms with Gasteiger partial charge in [0.25, 0.3) is 5.91 Å². The minimum atomic E-state index is -0.0910. The van der Waals surface area contributed by atoms with E-state index in [-0.39, 0.29) is 11.9 Å². The summed E-state index contributed by atoms with van der Waals surface area (Å²) in [4.78, 5) is 12.0. The smallest absolute Gasteiger partial charge is 0.251 e. The van der Waals surface area contributed by atoms with Crippen LogP contribution in [0.2, 0.25) is 5.02 Å². The Morgan fingerprint density at radius 1 is 1.47 bits per heavy atom. The summed E-state index contributed by atoms with van der Waals surface area (Å²) in [5, 5.41) is 3.51. The van der Waals surface area contributed by atoms with E-state index in [9.17, 15) is 4.79 Å². The van der Waals surface area contributed by atoms with Crippen LogP contribution in [0.1, 0.15) is 23.2 Å². The molecule has 1 aliphatic rings. The number of rotatable bonds is 2. The first kappa shape index (κ1) is 12.6. The van der Waals surface area contributed by atoms with Crippen LogP contribution in [0.25, 0.3) is 0 Å². The van der Waals surface area contributed by atoms with Crippen LogP contribution in [0, 0.1) is 0 Å². The normalized spacial score (nSPS) is 19.9. The number of anilines is 1. The molecule has 0 radical (unpaired) electrons. The number of nitrogen functional groups attached to an aromatic ring is 1. The number of amides is 1. The van der Waals surface area contributed by atoms with E-state index < -0.39 is 0 Å². The van der Waals surface area contributed by atoms with E-state index in [2.05, 4.69) is 5.32 Å². The quantitative estimate of drug-likeness (QED) is 0.812. The van der Waals surface area contributed by atoms with Gasteiger partial charge in [-0.05, 0) is 36.8 Å². The second-order valence-corrected chi connectivity index (χ2v) is 5.75. The van der Waals surface area contributed by atoms with Gasteiger partial charge in [-0.3, -0.25) is 4.79 Å². The highest BCUT2D eigenvalue weighted by Gasteiger charge is 2.17. The molecule has 3 N–H and O–H groups in total. The minimum Gasteiger partial charge on any atom is -0.399 e. The van der Waals surface area contributed by atoms with E-state index in [0.29, 0.717) is 16.3 Å². The number of thioether (sulfide) groups is 1. The number of benzene rings is 1. The van der Waals surface area contributed by atoms with Crippen LogP contribution in [0.5, 0.6) is 0 Å². The Morgan fingerprint density at radius 2 is 2.29 bits per heavy atom. The van der Waals surface area contributed by atoms with E-state index in [1.807, 2.05) is 11.8 Å². The fraction of sp³-hybridized carbons (Fsp3) is 0.417. The van der Waals surface area contributed by atoms with Gasteiger partial charge < -0.3 is 11.1 Å². The Balaban J connectivity index is 2.03. The molecule has 17 heavy (non-hydrogen) atoms. The van der Waals surface area contributed by atoms with Crippen molar-refractivity contribution in [2.75, 3.05) is 17.2 Å². The zero-order valence-corrected chi connectivity index (χ0v) is 11.0. The maximum Gasteiger partial charge on any atom is 0.251 e. The summed E-state index contributed by atoms with van der Waals surface area (Å²) >= 11 is 7.75. The largest absolute Gasteiger partial charge is 0.399 e. The van der Waals surface area contributed by atoms with Crippen LogP contribution in [-0.4, -0.2) is 23.5 Å². The molecule has 5 heteroatoms. The van der Waals surface area contributed by atoms with E-state index in [1.165, 1.54) is 5.75 Å². The summed E-state index contributed by atoms with van der Waals surface area (Å²) in [7, 11) is 0. The minimum absolute atomic E-state index is 0.0910.